The average Bonchev–Trinajstić information content (AvgIpc) is 2.99. The van der Waals surface area contributed by atoms with Crippen molar-refractivity contribution < 1.29 is 9.53 Å². The topological polar surface area (TPSA) is 67.0 Å². The van der Waals surface area contributed by atoms with Gasteiger partial charge in [-0.05, 0) is 36.8 Å². The molecule has 2 aromatic carbocycles. The molecule has 0 aliphatic carbocycles. The fourth-order valence-corrected chi connectivity index (χ4v) is 3.08. The highest BCUT2D eigenvalue weighted by Gasteiger charge is 2.10. The van der Waals surface area contributed by atoms with E-state index in [1.807, 2.05) is 37.3 Å². The van der Waals surface area contributed by atoms with Crippen molar-refractivity contribution in [3.8, 4) is 5.75 Å². The lowest BCUT2D eigenvalue weighted by atomic mass is 10.2. The highest BCUT2D eigenvalue weighted by molar-refractivity contribution is 7.99. The number of ether oxygens (including phenoxy) is 1. The van der Waals surface area contributed by atoms with E-state index in [1.165, 1.54) is 11.8 Å². The first-order chi connectivity index (χ1) is 11.6. The molecule has 0 bridgehead atoms. The Labute approximate surface area is 148 Å². The van der Waals surface area contributed by atoms with Crippen molar-refractivity contribution in [2.24, 2.45) is 0 Å². The number of aromatic amines is 1. The summed E-state index contributed by atoms with van der Waals surface area (Å²) >= 11 is 7.40. The number of aromatic nitrogens is 2. The van der Waals surface area contributed by atoms with E-state index in [4.69, 9.17) is 16.3 Å². The molecule has 0 fully saturated rings. The number of hydrogen-bond donors (Lipinski definition) is 2. The van der Waals surface area contributed by atoms with Crippen LogP contribution in [0.5, 0.6) is 5.75 Å². The summed E-state index contributed by atoms with van der Waals surface area (Å²) in [4.78, 5) is 19.8. The first-order valence-corrected chi connectivity index (χ1v) is 8.64. The predicted molar refractivity (Wildman–Crippen MR) is 98.2 cm³/mol. The summed E-state index contributed by atoms with van der Waals surface area (Å²) in [5.74, 6) is 0.906. The van der Waals surface area contributed by atoms with Gasteiger partial charge < -0.3 is 15.0 Å². The SMILES string of the molecule is COc1ccc2nc(SCC(=O)Nc3cccc(Cl)c3C)[nH]c2c1. The van der Waals surface area contributed by atoms with Gasteiger partial charge in [0.15, 0.2) is 5.16 Å². The maximum Gasteiger partial charge on any atom is 0.234 e. The molecule has 7 heteroatoms. The summed E-state index contributed by atoms with van der Waals surface area (Å²) < 4.78 is 5.19. The van der Waals surface area contributed by atoms with Crippen molar-refractivity contribution >= 4 is 46.0 Å². The molecule has 0 aliphatic heterocycles. The van der Waals surface area contributed by atoms with Gasteiger partial charge in [-0.15, -0.1) is 0 Å². The van der Waals surface area contributed by atoms with Crippen LogP contribution in [0, 0.1) is 6.92 Å². The molecule has 0 atom stereocenters. The molecule has 3 rings (SSSR count). The number of halogens is 1. The molecule has 3 aromatic rings. The van der Waals surface area contributed by atoms with Gasteiger partial charge in [-0.25, -0.2) is 4.98 Å². The lowest BCUT2D eigenvalue weighted by Gasteiger charge is -2.08. The number of rotatable bonds is 5. The molecule has 0 spiro atoms. The Hall–Kier alpha value is -2.18. The van der Waals surface area contributed by atoms with E-state index in [2.05, 4.69) is 15.3 Å². The Balaban J connectivity index is 1.64. The quantitative estimate of drug-likeness (QED) is 0.666. The van der Waals surface area contributed by atoms with E-state index in [0.717, 1.165) is 28.0 Å². The van der Waals surface area contributed by atoms with Crippen LogP contribution in [-0.2, 0) is 4.79 Å². The first kappa shape index (κ1) is 16.7. The molecule has 0 aliphatic rings. The number of thioether (sulfide) groups is 1. The van der Waals surface area contributed by atoms with Gasteiger partial charge in [0.2, 0.25) is 5.91 Å². The van der Waals surface area contributed by atoms with Crippen LogP contribution in [0.4, 0.5) is 5.69 Å². The zero-order valence-corrected chi connectivity index (χ0v) is 14.8. The Kier molecular flexibility index (Phi) is 4.97. The fraction of sp³-hybridized carbons (Fsp3) is 0.176. The van der Waals surface area contributed by atoms with Crippen LogP contribution in [0.3, 0.4) is 0 Å². The fourth-order valence-electron chi connectivity index (χ4n) is 2.22. The van der Waals surface area contributed by atoms with Crippen LogP contribution in [0.25, 0.3) is 11.0 Å². The summed E-state index contributed by atoms with van der Waals surface area (Å²) in [5, 5.41) is 4.19. The predicted octanol–water partition coefficient (Wildman–Crippen LogP) is 4.26. The zero-order valence-electron chi connectivity index (χ0n) is 13.2. The first-order valence-electron chi connectivity index (χ1n) is 7.28. The molecule has 1 heterocycles. The minimum atomic E-state index is -0.108. The van der Waals surface area contributed by atoms with Gasteiger partial charge in [-0.3, -0.25) is 4.79 Å². The minimum absolute atomic E-state index is 0.108. The second-order valence-corrected chi connectivity index (χ2v) is 6.55. The van der Waals surface area contributed by atoms with E-state index in [0.29, 0.717) is 10.2 Å². The lowest BCUT2D eigenvalue weighted by Crippen LogP contribution is -2.15. The smallest absolute Gasteiger partial charge is 0.234 e. The van der Waals surface area contributed by atoms with Gasteiger partial charge in [0.05, 0.1) is 23.9 Å². The molecule has 0 unspecified atom stereocenters. The standard InChI is InChI=1S/C17H16ClN3O2S/c1-10-12(18)4-3-5-13(10)19-16(22)9-24-17-20-14-7-6-11(23-2)8-15(14)21-17/h3-8H,9H2,1-2H3,(H,19,22)(H,20,21). The third-order valence-electron chi connectivity index (χ3n) is 3.55. The number of imidazole rings is 1. The highest BCUT2D eigenvalue weighted by atomic mass is 35.5. The number of nitrogens with zero attached hydrogens (tertiary/aromatic N) is 1. The van der Waals surface area contributed by atoms with Gasteiger partial charge in [0, 0.05) is 16.8 Å². The van der Waals surface area contributed by atoms with Crippen LogP contribution in [-0.4, -0.2) is 28.7 Å². The van der Waals surface area contributed by atoms with Gasteiger partial charge >= 0.3 is 0 Å². The average molecular weight is 362 g/mol. The normalized spacial score (nSPS) is 10.8. The molecule has 5 nitrogen and oxygen atoms in total. The number of benzene rings is 2. The minimum Gasteiger partial charge on any atom is -0.497 e. The number of fused-ring (bicyclic) bond motifs is 1. The molecule has 1 aromatic heterocycles. The second kappa shape index (κ2) is 7.15. The van der Waals surface area contributed by atoms with E-state index in [9.17, 15) is 4.79 Å². The van der Waals surface area contributed by atoms with E-state index in [1.54, 1.807) is 13.2 Å². The highest BCUT2D eigenvalue weighted by Crippen LogP contribution is 2.25. The van der Waals surface area contributed by atoms with E-state index >= 15 is 0 Å². The molecule has 1 amide bonds. The molecule has 24 heavy (non-hydrogen) atoms. The maximum absolute atomic E-state index is 12.1. The number of H-pyrrole nitrogens is 1. The Morgan fingerprint density at radius 1 is 1.38 bits per heavy atom. The van der Waals surface area contributed by atoms with Gasteiger partial charge in [0.25, 0.3) is 0 Å². The number of carbonyl (C=O) groups is 1. The molecule has 0 saturated carbocycles. The van der Waals surface area contributed by atoms with Crippen molar-refractivity contribution in [1.29, 1.82) is 0 Å². The Morgan fingerprint density at radius 3 is 3.00 bits per heavy atom. The van der Waals surface area contributed by atoms with Crippen LogP contribution in [0.2, 0.25) is 5.02 Å². The van der Waals surface area contributed by atoms with Crippen molar-refractivity contribution in [3.05, 3.63) is 47.0 Å². The van der Waals surface area contributed by atoms with Crippen molar-refractivity contribution in [2.45, 2.75) is 12.1 Å². The summed E-state index contributed by atoms with van der Waals surface area (Å²) in [7, 11) is 1.62. The van der Waals surface area contributed by atoms with Crippen molar-refractivity contribution in [2.75, 3.05) is 18.2 Å². The van der Waals surface area contributed by atoms with Gasteiger partial charge in [-0.2, -0.15) is 0 Å². The molecule has 124 valence electrons. The number of amides is 1. The zero-order chi connectivity index (χ0) is 17.1. The van der Waals surface area contributed by atoms with E-state index < -0.39 is 0 Å². The Morgan fingerprint density at radius 2 is 2.21 bits per heavy atom. The number of hydrogen-bond acceptors (Lipinski definition) is 4. The van der Waals surface area contributed by atoms with Crippen LogP contribution < -0.4 is 10.1 Å². The lowest BCUT2D eigenvalue weighted by molar-refractivity contribution is -0.113. The van der Waals surface area contributed by atoms with Crippen LogP contribution >= 0.6 is 23.4 Å². The maximum atomic E-state index is 12.1. The summed E-state index contributed by atoms with van der Waals surface area (Å²) in [6.45, 7) is 1.87. The number of nitrogens with one attached hydrogen (secondary N) is 2. The van der Waals surface area contributed by atoms with Gasteiger partial charge in [-0.1, -0.05) is 29.4 Å². The molecular formula is C17H16ClN3O2S. The molecule has 0 saturated heterocycles. The van der Waals surface area contributed by atoms with Gasteiger partial charge in [0.1, 0.15) is 5.75 Å². The van der Waals surface area contributed by atoms with Crippen molar-refractivity contribution in [1.82, 2.24) is 9.97 Å². The molecular weight excluding hydrogens is 346 g/mol. The van der Waals surface area contributed by atoms with Crippen LogP contribution in [0.15, 0.2) is 41.6 Å². The summed E-state index contributed by atoms with van der Waals surface area (Å²) in [5.41, 5.74) is 3.29. The summed E-state index contributed by atoms with van der Waals surface area (Å²) in [6, 6.07) is 11.0. The molecule has 0 radical (unpaired) electrons. The largest absolute Gasteiger partial charge is 0.497 e. The third-order valence-corrected chi connectivity index (χ3v) is 4.83. The second-order valence-electron chi connectivity index (χ2n) is 5.17. The molecule has 2 N–H and O–H groups in total. The Bertz CT molecular complexity index is 895. The monoisotopic (exact) mass is 361 g/mol. The number of carbonyl (C=O) groups excluding carboxylic acids is 1. The number of anilines is 1. The van der Waals surface area contributed by atoms with Crippen molar-refractivity contribution in [3.63, 3.8) is 0 Å². The van der Waals surface area contributed by atoms with E-state index in [-0.39, 0.29) is 11.7 Å². The third kappa shape index (κ3) is 3.66. The summed E-state index contributed by atoms with van der Waals surface area (Å²) in [6.07, 6.45) is 0. The van der Waals surface area contributed by atoms with Crippen LogP contribution in [0.1, 0.15) is 5.56 Å². The number of methoxy groups -OCH3 is 1.